The molecule has 0 bridgehead atoms. The Morgan fingerprint density at radius 2 is 1.75 bits per heavy atom. The van der Waals surface area contributed by atoms with E-state index in [1.165, 1.54) is 32.2 Å². The fourth-order valence-corrected chi connectivity index (χ4v) is 2.42. The van der Waals surface area contributed by atoms with Crippen molar-refractivity contribution in [2.75, 3.05) is 40.0 Å². The summed E-state index contributed by atoms with van der Waals surface area (Å²) in [4.78, 5) is 0. The zero-order chi connectivity index (χ0) is 11.2. The molecule has 0 atom stereocenters. The first-order chi connectivity index (χ1) is 7.92. The zero-order valence-electron chi connectivity index (χ0n) is 10.4. The van der Waals surface area contributed by atoms with Crippen molar-refractivity contribution in [3.63, 3.8) is 0 Å². The third-order valence-corrected chi connectivity index (χ3v) is 3.69. The van der Waals surface area contributed by atoms with E-state index in [0.29, 0.717) is 13.2 Å². The number of ether oxygens (including phenoxy) is 2. The Morgan fingerprint density at radius 1 is 1.06 bits per heavy atom. The van der Waals surface area contributed by atoms with Gasteiger partial charge in [0.2, 0.25) is 0 Å². The number of hydrogen-bond donors (Lipinski definition) is 1. The number of hydrogen-bond acceptors (Lipinski definition) is 3. The van der Waals surface area contributed by atoms with Crippen molar-refractivity contribution < 1.29 is 9.47 Å². The monoisotopic (exact) mass is 227 g/mol. The highest BCUT2D eigenvalue weighted by Gasteiger charge is 2.40. The molecule has 1 N–H and O–H groups in total. The Bertz CT molecular complexity index is 178. The van der Waals surface area contributed by atoms with E-state index in [9.17, 15) is 0 Å². The lowest BCUT2D eigenvalue weighted by atomic mass is 9.98. The molecule has 3 nitrogen and oxygen atoms in total. The first-order valence-corrected chi connectivity index (χ1v) is 6.69. The van der Waals surface area contributed by atoms with E-state index in [1.54, 1.807) is 7.11 Å². The Balaban J connectivity index is 1.44. The van der Waals surface area contributed by atoms with Gasteiger partial charge in [-0.3, -0.25) is 0 Å². The lowest BCUT2D eigenvalue weighted by Crippen LogP contribution is -2.28. The molecular formula is C13H25NO2. The second kappa shape index (κ2) is 6.58. The normalized spacial score (nSPS) is 20.6. The predicted molar refractivity (Wildman–Crippen MR) is 64.5 cm³/mol. The quantitative estimate of drug-likeness (QED) is 0.576. The topological polar surface area (TPSA) is 30.5 Å². The summed E-state index contributed by atoms with van der Waals surface area (Å²) in [6, 6.07) is 0. The standard InChI is InChI=1S/C13H25NO2/c1-15-8-9-16-7-6-14-10-13(11-2-3-11)12-4-5-12/h11-14H,2-10H2,1H3. The number of methoxy groups -OCH3 is 1. The van der Waals surface area contributed by atoms with Crippen LogP contribution >= 0.6 is 0 Å². The summed E-state index contributed by atoms with van der Waals surface area (Å²) in [6.07, 6.45) is 5.92. The van der Waals surface area contributed by atoms with Gasteiger partial charge < -0.3 is 14.8 Å². The van der Waals surface area contributed by atoms with E-state index >= 15 is 0 Å². The zero-order valence-corrected chi connectivity index (χ0v) is 10.4. The average Bonchev–Trinajstić information content (AvgIpc) is 3.16. The summed E-state index contributed by atoms with van der Waals surface area (Å²) in [7, 11) is 1.71. The summed E-state index contributed by atoms with van der Waals surface area (Å²) in [6.45, 7) is 4.42. The Kier molecular flexibility index (Phi) is 5.07. The number of nitrogens with one attached hydrogen (secondary N) is 1. The highest BCUT2D eigenvalue weighted by atomic mass is 16.5. The van der Waals surface area contributed by atoms with Gasteiger partial charge in [-0.25, -0.2) is 0 Å². The molecule has 2 aliphatic carbocycles. The van der Waals surface area contributed by atoms with Gasteiger partial charge in [0.25, 0.3) is 0 Å². The van der Waals surface area contributed by atoms with Crippen molar-refractivity contribution in [1.82, 2.24) is 5.32 Å². The second-order valence-corrected chi connectivity index (χ2v) is 5.15. The van der Waals surface area contributed by atoms with Crippen LogP contribution in [0, 0.1) is 17.8 Å². The predicted octanol–water partition coefficient (Wildman–Crippen LogP) is 1.68. The lowest BCUT2D eigenvalue weighted by Gasteiger charge is -2.16. The molecule has 16 heavy (non-hydrogen) atoms. The molecule has 0 unspecified atom stereocenters. The van der Waals surface area contributed by atoms with Crippen LogP contribution in [0.2, 0.25) is 0 Å². The van der Waals surface area contributed by atoms with Gasteiger partial charge in [0.15, 0.2) is 0 Å². The molecule has 0 aromatic rings. The summed E-state index contributed by atoms with van der Waals surface area (Å²) < 4.78 is 10.3. The van der Waals surface area contributed by atoms with E-state index < -0.39 is 0 Å². The summed E-state index contributed by atoms with van der Waals surface area (Å²) in [5, 5.41) is 3.54. The van der Waals surface area contributed by atoms with Gasteiger partial charge in [0, 0.05) is 13.7 Å². The molecule has 0 aliphatic heterocycles. The molecule has 0 spiro atoms. The third-order valence-electron chi connectivity index (χ3n) is 3.69. The fourth-order valence-electron chi connectivity index (χ4n) is 2.42. The van der Waals surface area contributed by atoms with Crippen molar-refractivity contribution in [2.45, 2.75) is 25.7 Å². The van der Waals surface area contributed by atoms with E-state index in [-0.39, 0.29) is 0 Å². The molecule has 0 saturated heterocycles. The highest BCUT2D eigenvalue weighted by molar-refractivity contribution is 4.92. The SMILES string of the molecule is COCCOCCNCC(C1CC1)C1CC1. The molecule has 0 amide bonds. The van der Waals surface area contributed by atoms with Crippen molar-refractivity contribution >= 4 is 0 Å². The highest BCUT2D eigenvalue weighted by Crippen LogP contribution is 2.48. The van der Waals surface area contributed by atoms with Crippen LogP contribution in [0.15, 0.2) is 0 Å². The van der Waals surface area contributed by atoms with E-state index in [0.717, 1.165) is 30.9 Å². The van der Waals surface area contributed by atoms with Crippen LogP contribution in [-0.2, 0) is 9.47 Å². The summed E-state index contributed by atoms with van der Waals surface area (Å²) in [5.41, 5.74) is 0. The maximum atomic E-state index is 5.42. The van der Waals surface area contributed by atoms with Crippen LogP contribution in [0.25, 0.3) is 0 Å². The average molecular weight is 227 g/mol. The Hall–Kier alpha value is -0.120. The maximum Gasteiger partial charge on any atom is 0.0700 e. The molecule has 2 fully saturated rings. The van der Waals surface area contributed by atoms with Crippen molar-refractivity contribution in [2.24, 2.45) is 17.8 Å². The Morgan fingerprint density at radius 3 is 2.31 bits per heavy atom. The van der Waals surface area contributed by atoms with Gasteiger partial charge in [-0.2, -0.15) is 0 Å². The third kappa shape index (κ3) is 4.40. The molecule has 0 heterocycles. The van der Waals surface area contributed by atoms with E-state index in [4.69, 9.17) is 9.47 Å². The largest absolute Gasteiger partial charge is 0.382 e. The maximum absolute atomic E-state index is 5.42. The molecule has 94 valence electrons. The van der Waals surface area contributed by atoms with Crippen molar-refractivity contribution in [3.05, 3.63) is 0 Å². The summed E-state index contributed by atoms with van der Waals surface area (Å²) in [5.74, 6) is 3.07. The summed E-state index contributed by atoms with van der Waals surface area (Å²) >= 11 is 0. The molecule has 0 aromatic carbocycles. The minimum absolute atomic E-state index is 0.701. The minimum Gasteiger partial charge on any atom is -0.382 e. The smallest absolute Gasteiger partial charge is 0.0700 e. The lowest BCUT2D eigenvalue weighted by molar-refractivity contribution is 0.0715. The Labute approximate surface area is 98.9 Å². The van der Waals surface area contributed by atoms with Crippen LogP contribution in [0.4, 0.5) is 0 Å². The van der Waals surface area contributed by atoms with Gasteiger partial charge in [0.05, 0.1) is 19.8 Å². The fraction of sp³-hybridized carbons (Fsp3) is 1.00. The van der Waals surface area contributed by atoms with Gasteiger partial charge in [0.1, 0.15) is 0 Å². The van der Waals surface area contributed by atoms with Gasteiger partial charge in [-0.15, -0.1) is 0 Å². The van der Waals surface area contributed by atoms with Gasteiger partial charge in [-0.1, -0.05) is 0 Å². The molecule has 2 aliphatic rings. The first kappa shape index (κ1) is 12.3. The van der Waals surface area contributed by atoms with Crippen LogP contribution in [-0.4, -0.2) is 40.0 Å². The van der Waals surface area contributed by atoms with Crippen LogP contribution in [0.5, 0.6) is 0 Å². The van der Waals surface area contributed by atoms with Gasteiger partial charge >= 0.3 is 0 Å². The van der Waals surface area contributed by atoms with Gasteiger partial charge in [-0.05, 0) is 50.0 Å². The van der Waals surface area contributed by atoms with Crippen molar-refractivity contribution in [1.29, 1.82) is 0 Å². The first-order valence-electron chi connectivity index (χ1n) is 6.69. The molecule has 2 rings (SSSR count). The van der Waals surface area contributed by atoms with Crippen LogP contribution in [0.1, 0.15) is 25.7 Å². The molecule has 3 heteroatoms. The molecule has 0 aromatic heterocycles. The van der Waals surface area contributed by atoms with E-state index in [2.05, 4.69) is 5.32 Å². The number of rotatable bonds is 10. The molecular weight excluding hydrogens is 202 g/mol. The minimum atomic E-state index is 0.701. The van der Waals surface area contributed by atoms with E-state index in [1.807, 2.05) is 0 Å². The van der Waals surface area contributed by atoms with Crippen LogP contribution in [0.3, 0.4) is 0 Å². The molecule has 2 saturated carbocycles. The van der Waals surface area contributed by atoms with Crippen LogP contribution < -0.4 is 5.32 Å². The van der Waals surface area contributed by atoms with Crippen molar-refractivity contribution in [3.8, 4) is 0 Å². The molecule has 0 radical (unpaired) electrons. The second-order valence-electron chi connectivity index (χ2n) is 5.15.